The third-order valence-electron chi connectivity index (χ3n) is 2.89. The quantitative estimate of drug-likeness (QED) is 0.828. The second-order valence-corrected chi connectivity index (χ2v) is 5.82. The van der Waals surface area contributed by atoms with Crippen molar-refractivity contribution in [3.8, 4) is 5.75 Å². The molecule has 114 valence electrons. The summed E-state index contributed by atoms with van der Waals surface area (Å²) < 4.78 is 24.7. The zero-order valence-electron chi connectivity index (χ0n) is 13.1. The summed E-state index contributed by atoms with van der Waals surface area (Å²) in [6.45, 7) is 9.44. The van der Waals surface area contributed by atoms with Crippen LogP contribution in [-0.2, 0) is 4.74 Å². The van der Waals surface area contributed by atoms with E-state index < -0.39 is 0 Å². The third-order valence-corrected chi connectivity index (χ3v) is 2.89. The Balaban J connectivity index is 2.94. The summed E-state index contributed by atoms with van der Waals surface area (Å²) in [4.78, 5) is 0. The molecule has 4 heteroatoms. The van der Waals surface area contributed by atoms with Crippen molar-refractivity contribution in [2.24, 2.45) is 0 Å². The van der Waals surface area contributed by atoms with Gasteiger partial charge in [0.1, 0.15) is 11.6 Å². The van der Waals surface area contributed by atoms with Gasteiger partial charge < -0.3 is 14.8 Å². The standard InChI is InChI=1S/C16H26FNO2/c1-6-9-18-14(11-20-16(2,3)4)13-10-12(17)7-8-15(13)19-5/h7-8,10,14,18H,6,9,11H2,1-5H3. The second-order valence-electron chi connectivity index (χ2n) is 5.82. The highest BCUT2D eigenvalue weighted by Gasteiger charge is 2.20. The van der Waals surface area contributed by atoms with Gasteiger partial charge in [-0.15, -0.1) is 0 Å². The van der Waals surface area contributed by atoms with Crippen molar-refractivity contribution < 1.29 is 13.9 Å². The lowest BCUT2D eigenvalue weighted by molar-refractivity contribution is -0.0150. The van der Waals surface area contributed by atoms with E-state index in [1.165, 1.54) is 12.1 Å². The topological polar surface area (TPSA) is 30.5 Å². The lowest BCUT2D eigenvalue weighted by Gasteiger charge is -2.26. The van der Waals surface area contributed by atoms with Gasteiger partial charge in [-0.25, -0.2) is 4.39 Å². The molecule has 0 saturated carbocycles. The Bertz CT molecular complexity index is 415. The minimum Gasteiger partial charge on any atom is -0.496 e. The fourth-order valence-corrected chi connectivity index (χ4v) is 1.89. The zero-order valence-corrected chi connectivity index (χ0v) is 13.1. The molecule has 1 rings (SSSR count). The first-order valence-electron chi connectivity index (χ1n) is 7.08. The van der Waals surface area contributed by atoms with Crippen molar-refractivity contribution in [3.05, 3.63) is 29.6 Å². The molecule has 1 unspecified atom stereocenters. The molecule has 1 aromatic rings. The minimum atomic E-state index is -0.264. The van der Waals surface area contributed by atoms with Crippen LogP contribution < -0.4 is 10.1 Å². The summed E-state index contributed by atoms with van der Waals surface area (Å²) in [6, 6.07) is 4.49. The number of nitrogens with one attached hydrogen (secondary N) is 1. The van der Waals surface area contributed by atoms with Gasteiger partial charge >= 0.3 is 0 Å². The van der Waals surface area contributed by atoms with Gasteiger partial charge in [0.05, 0.1) is 25.4 Å². The van der Waals surface area contributed by atoms with Gasteiger partial charge in [0.15, 0.2) is 0 Å². The van der Waals surface area contributed by atoms with Crippen molar-refractivity contribution in [2.75, 3.05) is 20.3 Å². The highest BCUT2D eigenvalue weighted by Crippen LogP contribution is 2.27. The van der Waals surface area contributed by atoms with E-state index in [0.717, 1.165) is 18.5 Å². The van der Waals surface area contributed by atoms with Crippen LogP contribution >= 0.6 is 0 Å². The normalized spacial score (nSPS) is 13.3. The zero-order chi connectivity index (χ0) is 15.2. The average molecular weight is 283 g/mol. The van der Waals surface area contributed by atoms with Crippen LogP contribution in [0.2, 0.25) is 0 Å². The van der Waals surface area contributed by atoms with Crippen molar-refractivity contribution >= 4 is 0 Å². The molecular weight excluding hydrogens is 257 g/mol. The van der Waals surface area contributed by atoms with Crippen molar-refractivity contribution in [1.82, 2.24) is 5.32 Å². The molecule has 1 aromatic carbocycles. The van der Waals surface area contributed by atoms with E-state index >= 15 is 0 Å². The molecule has 0 aliphatic rings. The monoisotopic (exact) mass is 283 g/mol. The summed E-state index contributed by atoms with van der Waals surface area (Å²) in [7, 11) is 1.60. The summed E-state index contributed by atoms with van der Waals surface area (Å²) in [5, 5.41) is 3.39. The number of ether oxygens (including phenoxy) is 2. The van der Waals surface area contributed by atoms with Gasteiger partial charge in [0, 0.05) is 5.56 Å². The second kappa shape index (κ2) is 7.60. The highest BCUT2D eigenvalue weighted by molar-refractivity contribution is 5.36. The predicted octanol–water partition coefficient (Wildman–Crippen LogP) is 3.69. The molecule has 3 nitrogen and oxygen atoms in total. The number of hydrogen-bond donors (Lipinski definition) is 1. The van der Waals surface area contributed by atoms with Crippen LogP contribution in [-0.4, -0.2) is 25.9 Å². The van der Waals surface area contributed by atoms with Crippen molar-refractivity contribution in [3.63, 3.8) is 0 Å². The molecular formula is C16H26FNO2. The minimum absolute atomic E-state index is 0.0835. The Labute approximate surface area is 121 Å². The molecule has 0 heterocycles. The SMILES string of the molecule is CCCNC(COC(C)(C)C)c1cc(F)ccc1OC. The summed E-state index contributed by atoms with van der Waals surface area (Å²) >= 11 is 0. The van der Waals surface area contributed by atoms with E-state index in [1.807, 2.05) is 20.8 Å². The highest BCUT2D eigenvalue weighted by atomic mass is 19.1. The van der Waals surface area contributed by atoms with Gasteiger partial charge in [0.25, 0.3) is 0 Å². The predicted molar refractivity (Wildman–Crippen MR) is 79.7 cm³/mol. The molecule has 0 aliphatic heterocycles. The maximum atomic E-state index is 13.5. The Morgan fingerprint density at radius 3 is 2.55 bits per heavy atom. The van der Waals surface area contributed by atoms with E-state index in [4.69, 9.17) is 9.47 Å². The van der Waals surface area contributed by atoms with Gasteiger partial charge in [-0.1, -0.05) is 6.92 Å². The Morgan fingerprint density at radius 2 is 2.00 bits per heavy atom. The first-order valence-corrected chi connectivity index (χ1v) is 7.08. The summed E-state index contributed by atoms with van der Waals surface area (Å²) in [6.07, 6.45) is 1.00. The van der Waals surface area contributed by atoms with Crippen LogP contribution in [0, 0.1) is 5.82 Å². The van der Waals surface area contributed by atoms with Gasteiger partial charge in [-0.3, -0.25) is 0 Å². The van der Waals surface area contributed by atoms with Crippen LogP contribution in [0.4, 0.5) is 4.39 Å². The van der Waals surface area contributed by atoms with Crippen LogP contribution in [0.3, 0.4) is 0 Å². The molecule has 0 radical (unpaired) electrons. The molecule has 1 N–H and O–H groups in total. The molecule has 0 amide bonds. The van der Waals surface area contributed by atoms with Crippen molar-refractivity contribution in [1.29, 1.82) is 0 Å². The summed E-state index contributed by atoms with van der Waals surface area (Å²) in [5.74, 6) is 0.414. The Morgan fingerprint density at radius 1 is 1.30 bits per heavy atom. The molecule has 0 fully saturated rings. The number of methoxy groups -OCH3 is 1. The first kappa shape index (κ1) is 16.9. The molecule has 0 bridgehead atoms. The number of halogens is 1. The Kier molecular flexibility index (Phi) is 6.43. The van der Waals surface area contributed by atoms with E-state index in [9.17, 15) is 4.39 Å². The van der Waals surface area contributed by atoms with Crippen LogP contribution in [0.15, 0.2) is 18.2 Å². The number of rotatable bonds is 7. The van der Waals surface area contributed by atoms with Crippen molar-refractivity contribution in [2.45, 2.75) is 45.8 Å². The molecule has 1 atom stereocenters. The number of hydrogen-bond acceptors (Lipinski definition) is 3. The third kappa shape index (κ3) is 5.47. The van der Waals surface area contributed by atoms with Gasteiger partial charge in [-0.2, -0.15) is 0 Å². The van der Waals surface area contributed by atoms with Crippen LogP contribution in [0.5, 0.6) is 5.75 Å². The van der Waals surface area contributed by atoms with Gasteiger partial charge in [0.2, 0.25) is 0 Å². The first-order chi connectivity index (χ1) is 9.37. The molecule has 0 aliphatic carbocycles. The maximum Gasteiger partial charge on any atom is 0.123 e. The summed E-state index contributed by atoms with van der Waals surface area (Å²) in [5.41, 5.74) is 0.567. The van der Waals surface area contributed by atoms with E-state index in [1.54, 1.807) is 13.2 Å². The fourth-order valence-electron chi connectivity index (χ4n) is 1.89. The maximum absolute atomic E-state index is 13.5. The van der Waals surface area contributed by atoms with E-state index in [-0.39, 0.29) is 17.5 Å². The van der Waals surface area contributed by atoms with E-state index in [2.05, 4.69) is 12.2 Å². The molecule has 20 heavy (non-hydrogen) atoms. The fraction of sp³-hybridized carbons (Fsp3) is 0.625. The lowest BCUT2D eigenvalue weighted by Crippen LogP contribution is -2.31. The molecule has 0 aromatic heterocycles. The van der Waals surface area contributed by atoms with Gasteiger partial charge in [-0.05, 0) is 51.9 Å². The molecule has 0 saturated heterocycles. The Hall–Kier alpha value is -1.13. The smallest absolute Gasteiger partial charge is 0.123 e. The average Bonchev–Trinajstić information content (AvgIpc) is 2.37. The van der Waals surface area contributed by atoms with Crippen LogP contribution in [0.25, 0.3) is 0 Å². The lowest BCUT2D eigenvalue weighted by atomic mass is 10.1. The van der Waals surface area contributed by atoms with E-state index in [0.29, 0.717) is 12.4 Å². The van der Waals surface area contributed by atoms with Crippen LogP contribution in [0.1, 0.15) is 45.7 Å². The molecule has 0 spiro atoms. The number of benzene rings is 1. The largest absolute Gasteiger partial charge is 0.496 e.